The number of amides is 2. The molecule has 0 aliphatic rings. The van der Waals surface area contributed by atoms with Crippen LogP contribution in [0.3, 0.4) is 0 Å². The van der Waals surface area contributed by atoms with Gasteiger partial charge in [0.2, 0.25) is 5.91 Å². The van der Waals surface area contributed by atoms with Crippen LogP contribution in [0.1, 0.15) is 51.0 Å². The summed E-state index contributed by atoms with van der Waals surface area (Å²) in [5, 5.41) is 11.9. The summed E-state index contributed by atoms with van der Waals surface area (Å²) in [7, 11) is 3.81. The molecule has 3 N–H and O–H groups in total. The van der Waals surface area contributed by atoms with E-state index in [1.54, 1.807) is 20.8 Å². The molecular formula is C21H26N6O4S2. The van der Waals surface area contributed by atoms with Crippen molar-refractivity contribution in [1.29, 1.82) is 0 Å². The topological polar surface area (TPSA) is 134 Å². The van der Waals surface area contributed by atoms with Gasteiger partial charge in [0, 0.05) is 32.4 Å². The summed E-state index contributed by atoms with van der Waals surface area (Å²) >= 11 is 2.18. The van der Waals surface area contributed by atoms with E-state index < -0.39 is 11.9 Å². The Labute approximate surface area is 199 Å². The summed E-state index contributed by atoms with van der Waals surface area (Å²) in [6, 6.07) is 3.98. The Morgan fingerprint density at radius 2 is 2.00 bits per heavy atom. The monoisotopic (exact) mass is 490 g/mol. The third-order valence-corrected chi connectivity index (χ3v) is 7.06. The van der Waals surface area contributed by atoms with Crippen molar-refractivity contribution in [2.75, 3.05) is 11.1 Å². The average molecular weight is 491 g/mol. The number of rotatable bonds is 9. The number of ether oxygens (including phenoxy) is 1. The van der Waals surface area contributed by atoms with Gasteiger partial charge in [-0.3, -0.25) is 9.59 Å². The smallest absolute Gasteiger partial charge is 0.341 e. The normalized spacial score (nSPS) is 11.1. The van der Waals surface area contributed by atoms with Crippen LogP contribution in [0.4, 0.5) is 5.00 Å². The summed E-state index contributed by atoms with van der Waals surface area (Å²) in [6.45, 7) is 5.04. The number of hydrogen-bond donors (Lipinski definition) is 2. The first-order valence-electron chi connectivity index (χ1n) is 10.1. The number of nitrogens with two attached hydrogens (primary N) is 1. The molecule has 10 nitrogen and oxygen atoms in total. The third-order valence-electron chi connectivity index (χ3n) is 4.82. The van der Waals surface area contributed by atoms with Gasteiger partial charge in [0.15, 0.2) is 5.16 Å². The number of esters is 1. The molecular weight excluding hydrogens is 464 g/mol. The van der Waals surface area contributed by atoms with E-state index >= 15 is 0 Å². The first kappa shape index (κ1) is 24.5. The molecule has 0 atom stereocenters. The van der Waals surface area contributed by atoms with Gasteiger partial charge < -0.3 is 24.9 Å². The number of thiophene rings is 1. The Balaban J connectivity index is 1.70. The highest BCUT2D eigenvalue weighted by atomic mass is 32.2. The molecule has 176 valence electrons. The van der Waals surface area contributed by atoms with E-state index in [0.717, 1.165) is 22.9 Å². The second kappa shape index (κ2) is 10.2. The number of carbonyl (C=O) groups is 3. The number of nitrogens with one attached hydrogen (secondary N) is 1. The lowest BCUT2D eigenvalue weighted by Gasteiger charge is -2.10. The largest absolute Gasteiger partial charge is 0.459 e. The predicted molar refractivity (Wildman–Crippen MR) is 127 cm³/mol. The van der Waals surface area contributed by atoms with Crippen LogP contribution in [-0.2, 0) is 30.0 Å². The molecule has 0 saturated heterocycles. The third kappa shape index (κ3) is 5.63. The van der Waals surface area contributed by atoms with Crippen molar-refractivity contribution in [3.8, 4) is 0 Å². The number of anilines is 1. The predicted octanol–water partition coefficient (Wildman–Crippen LogP) is 2.51. The van der Waals surface area contributed by atoms with Crippen molar-refractivity contribution in [2.45, 2.75) is 38.5 Å². The van der Waals surface area contributed by atoms with Gasteiger partial charge in [-0.1, -0.05) is 11.8 Å². The van der Waals surface area contributed by atoms with Crippen LogP contribution >= 0.6 is 23.1 Å². The Kier molecular flexibility index (Phi) is 7.59. The quantitative estimate of drug-likeness (QED) is 0.348. The van der Waals surface area contributed by atoms with Crippen molar-refractivity contribution in [1.82, 2.24) is 19.3 Å². The highest BCUT2D eigenvalue weighted by molar-refractivity contribution is 7.99. The molecule has 0 aliphatic carbocycles. The van der Waals surface area contributed by atoms with Crippen molar-refractivity contribution >= 4 is 45.9 Å². The van der Waals surface area contributed by atoms with Gasteiger partial charge in [0.25, 0.3) is 5.91 Å². The van der Waals surface area contributed by atoms with Crippen molar-refractivity contribution < 1.29 is 19.1 Å². The fourth-order valence-electron chi connectivity index (χ4n) is 3.12. The molecule has 0 aromatic carbocycles. The zero-order valence-electron chi connectivity index (χ0n) is 19.0. The van der Waals surface area contributed by atoms with Gasteiger partial charge in [-0.15, -0.1) is 21.5 Å². The molecule has 3 rings (SSSR count). The van der Waals surface area contributed by atoms with E-state index in [9.17, 15) is 14.4 Å². The van der Waals surface area contributed by atoms with E-state index in [4.69, 9.17) is 10.5 Å². The molecule has 3 aromatic rings. The summed E-state index contributed by atoms with van der Waals surface area (Å²) in [6.07, 6.45) is 2.23. The number of aryl methyl sites for hydroxylation is 1. The Bertz CT molecular complexity index is 1190. The number of nitrogens with zero attached hydrogens (tertiary/aromatic N) is 4. The molecule has 2 amide bonds. The minimum absolute atomic E-state index is 0.0393. The van der Waals surface area contributed by atoms with Crippen molar-refractivity contribution in [3.63, 3.8) is 0 Å². The Morgan fingerprint density at radius 3 is 2.61 bits per heavy atom. The molecule has 3 aromatic heterocycles. The van der Waals surface area contributed by atoms with Crippen molar-refractivity contribution in [3.05, 3.63) is 45.9 Å². The average Bonchev–Trinajstić information content (AvgIpc) is 3.38. The minimum Gasteiger partial charge on any atom is -0.459 e. The first-order valence-corrected chi connectivity index (χ1v) is 11.9. The van der Waals surface area contributed by atoms with Crippen LogP contribution in [0.5, 0.6) is 0 Å². The van der Waals surface area contributed by atoms with Gasteiger partial charge in [-0.25, -0.2) is 4.79 Å². The molecule has 0 aliphatic heterocycles. The van der Waals surface area contributed by atoms with Crippen molar-refractivity contribution in [2.24, 2.45) is 19.8 Å². The van der Waals surface area contributed by atoms with E-state index in [0.29, 0.717) is 17.1 Å². The van der Waals surface area contributed by atoms with Crippen LogP contribution in [0.15, 0.2) is 23.5 Å². The molecule has 0 spiro atoms. The lowest BCUT2D eigenvalue weighted by molar-refractivity contribution is -0.113. The van der Waals surface area contributed by atoms with E-state index in [1.165, 1.54) is 11.8 Å². The summed E-state index contributed by atoms with van der Waals surface area (Å²) in [5.41, 5.74) is 7.05. The van der Waals surface area contributed by atoms with Gasteiger partial charge in [0.05, 0.1) is 22.3 Å². The maximum absolute atomic E-state index is 12.6. The van der Waals surface area contributed by atoms with Crippen LogP contribution < -0.4 is 11.1 Å². The second-order valence-electron chi connectivity index (χ2n) is 7.66. The molecule has 0 saturated carbocycles. The summed E-state index contributed by atoms with van der Waals surface area (Å²) in [5.74, 6) is -0.831. The lowest BCUT2D eigenvalue weighted by atomic mass is 10.1. The zero-order chi connectivity index (χ0) is 24.3. The molecule has 0 bridgehead atoms. The van der Waals surface area contributed by atoms with Crippen LogP contribution in [-0.4, -0.2) is 49.0 Å². The molecule has 0 radical (unpaired) electrons. The molecule has 3 heterocycles. The molecule has 12 heteroatoms. The van der Waals surface area contributed by atoms with Crippen LogP contribution in [0.25, 0.3) is 0 Å². The fraction of sp³-hybridized carbons (Fsp3) is 0.381. The second-order valence-corrected chi connectivity index (χ2v) is 9.62. The number of hydrogen-bond acceptors (Lipinski definition) is 8. The fourth-order valence-corrected chi connectivity index (χ4v) is 4.91. The number of primary amides is 1. The zero-order valence-corrected chi connectivity index (χ0v) is 20.7. The number of carbonyl (C=O) groups excluding carboxylic acids is 3. The SMILES string of the molecule is Cc1c(C(N)=O)sc(NC(=O)CSc2nnc(Cc3cccn3C)n2C)c1C(=O)OC(C)C. The maximum Gasteiger partial charge on any atom is 0.341 e. The maximum atomic E-state index is 12.6. The highest BCUT2D eigenvalue weighted by Crippen LogP contribution is 2.34. The number of thioether (sulfide) groups is 1. The van der Waals surface area contributed by atoms with Crippen LogP contribution in [0, 0.1) is 6.92 Å². The molecule has 0 fully saturated rings. The van der Waals surface area contributed by atoms with E-state index in [-0.39, 0.29) is 33.2 Å². The van der Waals surface area contributed by atoms with Gasteiger partial charge >= 0.3 is 5.97 Å². The summed E-state index contributed by atoms with van der Waals surface area (Å²) in [4.78, 5) is 37.1. The van der Waals surface area contributed by atoms with E-state index in [1.807, 2.05) is 41.6 Å². The first-order chi connectivity index (χ1) is 15.6. The Morgan fingerprint density at radius 1 is 1.27 bits per heavy atom. The van der Waals surface area contributed by atoms with Gasteiger partial charge in [0.1, 0.15) is 10.8 Å². The summed E-state index contributed by atoms with van der Waals surface area (Å²) < 4.78 is 9.13. The standard InChI is InChI=1S/C21H26N6O4S2/c1-11(2)31-20(30)16-12(3)17(18(22)29)33-19(16)23-15(28)10-32-21-25-24-14(27(21)5)9-13-7-6-8-26(13)4/h6-8,11H,9-10H2,1-5H3,(H2,22,29)(H,23,28). The minimum atomic E-state index is -0.671. The van der Waals surface area contributed by atoms with Gasteiger partial charge in [-0.2, -0.15) is 0 Å². The highest BCUT2D eigenvalue weighted by Gasteiger charge is 2.26. The van der Waals surface area contributed by atoms with Crippen LogP contribution in [0.2, 0.25) is 0 Å². The molecule has 33 heavy (non-hydrogen) atoms. The van der Waals surface area contributed by atoms with E-state index in [2.05, 4.69) is 15.5 Å². The lowest BCUT2D eigenvalue weighted by Crippen LogP contribution is -2.18. The Hall–Kier alpha value is -3.12. The molecule has 0 unspecified atom stereocenters. The number of aromatic nitrogens is 4. The van der Waals surface area contributed by atoms with Gasteiger partial charge in [-0.05, 0) is 38.5 Å².